The van der Waals surface area contributed by atoms with Gasteiger partial charge in [0.25, 0.3) is 0 Å². The molecule has 0 aliphatic carbocycles. The molecule has 1 aliphatic rings. The van der Waals surface area contributed by atoms with Crippen LogP contribution in [-0.4, -0.2) is 56.4 Å². The first-order valence-corrected chi connectivity index (χ1v) is 8.60. The number of nitriles is 1. The number of nitrogens with zero attached hydrogens (tertiary/aromatic N) is 3. The molecular formula is C18H20ClN3O3. The van der Waals surface area contributed by atoms with Gasteiger partial charge in [0.15, 0.2) is 11.5 Å². The van der Waals surface area contributed by atoms with Crippen LogP contribution in [0.15, 0.2) is 18.2 Å². The fourth-order valence-electron chi connectivity index (χ4n) is 2.80. The molecule has 0 N–H and O–H groups in total. The van der Waals surface area contributed by atoms with Crippen LogP contribution < -0.4 is 9.47 Å². The summed E-state index contributed by atoms with van der Waals surface area (Å²) < 4.78 is 16.6. The number of rotatable bonds is 6. The molecule has 1 aliphatic heterocycles. The number of hydrogen-bond acceptors (Lipinski definition) is 6. The molecule has 6 nitrogen and oxygen atoms in total. The molecule has 0 amide bonds. The van der Waals surface area contributed by atoms with Crippen molar-refractivity contribution in [3.63, 3.8) is 0 Å². The van der Waals surface area contributed by atoms with Gasteiger partial charge in [0, 0.05) is 31.1 Å². The number of hydrogen-bond donors (Lipinski definition) is 0. The lowest BCUT2D eigenvalue weighted by atomic mass is 10.1. The van der Waals surface area contributed by atoms with E-state index in [0.717, 1.165) is 44.7 Å². The smallest absolute Gasteiger partial charge is 0.162 e. The fourth-order valence-corrected chi connectivity index (χ4v) is 2.99. The number of benzene rings is 1. The first-order valence-electron chi connectivity index (χ1n) is 8.22. The molecule has 0 spiro atoms. The topological polar surface area (TPSA) is 67.6 Å². The molecule has 2 aromatic rings. The minimum absolute atomic E-state index is 0.191. The van der Waals surface area contributed by atoms with E-state index in [-0.39, 0.29) is 5.15 Å². The predicted molar refractivity (Wildman–Crippen MR) is 95.4 cm³/mol. The predicted octanol–water partition coefficient (Wildman–Crippen LogP) is 2.87. The van der Waals surface area contributed by atoms with Crippen LogP contribution in [0.1, 0.15) is 12.0 Å². The van der Waals surface area contributed by atoms with Crippen LogP contribution in [0.5, 0.6) is 11.5 Å². The fraction of sp³-hybridized carbons (Fsp3) is 0.444. The van der Waals surface area contributed by atoms with Gasteiger partial charge in [0.1, 0.15) is 11.2 Å². The van der Waals surface area contributed by atoms with Gasteiger partial charge in [-0.1, -0.05) is 11.6 Å². The Morgan fingerprint density at radius 2 is 2.08 bits per heavy atom. The highest BCUT2D eigenvalue weighted by molar-refractivity contribution is 6.31. The standard InChI is InChI=1S/C18H20ClN3O3/c1-23-16-11-15-13(9-14(12-20)18(19)21-15)10-17(16)25-6-2-3-22-4-7-24-8-5-22/h9-11H,2-8H2,1H3. The second kappa shape index (κ2) is 8.34. The van der Waals surface area contributed by atoms with Crippen molar-refractivity contribution in [1.29, 1.82) is 5.26 Å². The SMILES string of the molecule is COc1cc2nc(Cl)c(C#N)cc2cc1OCCCN1CCOCC1. The van der Waals surface area contributed by atoms with E-state index >= 15 is 0 Å². The molecule has 0 bridgehead atoms. The Bertz CT molecular complexity index is 785. The molecule has 1 saturated heterocycles. The highest BCUT2D eigenvalue weighted by atomic mass is 35.5. The van der Waals surface area contributed by atoms with Gasteiger partial charge in [0.05, 0.1) is 38.0 Å². The Balaban J connectivity index is 1.69. The van der Waals surface area contributed by atoms with Crippen molar-refractivity contribution >= 4 is 22.5 Å². The van der Waals surface area contributed by atoms with E-state index in [1.54, 1.807) is 19.2 Å². The van der Waals surface area contributed by atoms with Gasteiger partial charge in [-0.2, -0.15) is 5.26 Å². The summed E-state index contributed by atoms with van der Waals surface area (Å²) in [6.45, 7) is 5.12. The number of morpholine rings is 1. The van der Waals surface area contributed by atoms with Crippen molar-refractivity contribution in [2.24, 2.45) is 0 Å². The zero-order valence-corrected chi connectivity index (χ0v) is 14.9. The molecule has 0 unspecified atom stereocenters. The highest BCUT2D eigenvalue weighted by Crippen LogP contribution is 2.33. The van der Waals surface area contributed by atoms with Crippen molar-refractivity contribution in [1.82, 2.24) is 9.88 Å². The maximum absolute atomic E-state index is 9.10. The van der Waals surface area contributed by atoms with Gasteiger partial charge in [-0.3, -0.25) is 4.90 Å². The number of fused-ring (bicyclic) bond motifs is 1. The Labute approximate surface area is 151 Å². The molecule has 25 heavy (non-hydrogen) atoms. The lowest BCUT2D eigenvalue weighted by Crippen LogP contribution is -2.37. The minimum atomic E-state index is 0.191. The molecule has 132 valence electrons. The minimum Gasteiger partial charge on any atom is -0.493 e. The Kier molecular flexibility index (Phi) is 5.92. The first kappa shape index (κ1) is 17.7. The van der Waals surface area contributed by atoms with E-state index < -0.39 is 0 Å². The molecular weight excluding hydrogens is 342 g/mol. The summed E-state index contributed by atoms with van der Waals surface area (Å²) in [6, 6.07) is 7.37. The molecule has 1 fully saturated rings. The summed E-state index contributed by atoms with van der Waals surface area (Å²) in [5.74, 6) is 1.25. The van der Waals surface area contributed by atoms with Crippen molar-refractivity contribution < 1.29 is 14.2 Å². The molecule has 1 aromatic heterocycles. The summed E-state index contributed by atoms with van der Waals surface area (Å²) in [5.41, 5.74) is 1.01. The average Bonchev–Trinajstić information content (AvgIpc) is 2.65. The van der Waals surface area contributed by atoms with Crippen molar-refractivity contribution in [2.45, 2.75) is 6.42 Å². The van der Waals surface area contributed by atoms with Gasteiger partial charge in [0.2, 0.25) is 0 Å². The summed E-state index contributed by atoms with van der Waals surface area (Å²) in [4.78, 5) is 6.61. The lowest BCUT2D eigenvalue weighted by Gasteiger charge is -2.26. The van der Waals surface area contributed by atoms with Crippen LogP contribution >= 0.6 is 11.6 Å². The summed E-state index contributed by atoms with van der Waals surface area (Å²) in [6.07, 6.45) is 0.920. The molecule has 1 aromatic carbocycles. The van der Waals surface area contributed by atoms with E-state index in [1.165, 1.54) is 0 Å². The quantitative estimate of drug-likeness (QED) is 0.582. The Hall–Kier alpha value is -2.07. The van der Waals surface area contributed by atoms with Crippen LogP contribution in [0.3, 0.4) is 0 Å². The second-order valence-electron chi connectivity index (χ2n) is 5.79. The molecule has 3 rings (SSSR count). The number of ether oxygens (including phenoxy) is 3. The zero-order chi connectivity index (χ0) is 17.6. The van der Waals surface area contributed by atoms with Gasteiger partial charge in [-0.05, 0) is 18.6 Å². The average molecular weight is 362 g/mol. The first-order chi connectivity index (χ1) is 12.2. The third-order valence-corrected chi connectivity index (χ3v) is 4.44. The molecule has 2 heterocycles. The molecule has 0 radical (unpaired) electrons. The highest BCUT2D eigenvalue weighted by Gasteiger charge is 2.12. The van der Waals surface area contributed by atoms with Crippen molar-refractivity contribution in [3.05, 3.63) is 28.9 Å². The van der Waals surface area contributed by atoms with E-state index in [0.29, 0.717) is 29.2 Å². The van der Waals surface area contributed by atoms with Gasteiger partial charge in [-0.15, -0.1) is 0 Å². The van der Waals surface area contributed by atoms with E-state index in [2.05, 4.69) is 9.88 Å². The number of pyridine rings is 1. The van der Waals surface area contributed by atoms with Crippen LogP contribution in [-0.2, 0) is 4.74 Å². The number of aromatic nitrogens is 1. The van der Waals surface area contributed by atoms with Crippen LogP contribution in [0.25, 0.3) is 10.9 Å². The summed E-state index contributed by atoms with van der Waals surface area (Å²) in [5, 5.41) is 10.1. The second-order valence-corrected chi connectivity index (χ2v) is 6.15. The maximum atomic E-state index is 9.10. The van der Waals surface area contributed by atoms with E-state index in [4.69, 9.17) is 31.1 Å². The van der Waals surface area contributed by atoms with Gasteiger partial charge in [-0.25, -0.2) is 4.98 Å². The van der Waals surface area contributed by atoms with Gasteiger partial charge >= 0.3 is 0 Å². The zero-order valence-electron chi connectivity index (χ0n) is 14.1. The Morgan fingerprint density at radius 3 is 2.80 bits per heavy atom. The number of methoxy groups -OCH3 is 1. The van der Waals surface area contributed by atoms with Crippen LogP contribution in [0, 0.1) is 11.3 Å². The van der Waals surface area contributed by atoms with Crippen LogP contribution in [0.4, 0.5) is 0 Å². The lowest BCUT2D eigenvalue weighted by molar-refractivity contribution is 0.0357. The molecule has 7 heteroatoms. The third-order valence-electron chi connectivity index (χ3n) is 4.15. The van der Waals surface area contributed by atoms with E-state index in [9.17, 15) is 0 Å². The normalized spacial score (nSPS) is 15.1. The monoisotopic (exact) mass is 361 g/mol. The van der Waals surface area contributed by atoms with E-state index in [1.807, 2.05) is 12.1 Å². The number of halogens is 1. The Morgan fingerprint density at radius 1 is 1.28 bits per heavy atom. The largest absolute Gasteiger partial charge is 0.493 e. The third kappa shape index (κ3) is 4.31. The molecule has 0 saturated carbocycles. The van der Waals surface area contributed by atoms with Crippen LogP contribution in [0.2, 0.25) is 5.15 Å². The van der Waals surface area contributed by atoms with Crippen molar-refractivity contribution in [3.8, 4) is 17.6 Å². The van der Waals surface area contributed by atoms with Gasteiger partial charge < -0.3 is 14.2 Å². The van der Waals surface area contributed by atoms with Crippen molar-refractivity contribution in [2.75, 3.05) is 46.6 Å². The summed E-state index contributed by atoms with van der Waals surface area (Å²) >= 11 is 6.00. The molecule has 0 atom stereocenters. The summed E-state index contributed by atoms with van der Waals surface area (Å²) in [7, 11) is 1.59. The maximum Gasteiger partial charge on any atom is 0.162 e.